The largest absolute Gasteiger partial charge is 0.494 e. The summed E-state index contributed by atoms with van der Waals surface area (Å²) < 4.78 is 5.74. The summed E-state index contributed by atoms with van der Waals surface area (Å²) in [5.74, 6) is 0.935. The van der Waals surface area contributed by atoms with E-state index in [1.807, 2.05) is 42.5 Å². The molecule has 0 aliphatic rings. The monoisotopic (exact) mass is 317 g/mol. The highest BCUT2D eigenvalue weighted by Gasteiger charge is 1.97. The second-order valence-corrected chi connectivity index (χ2v) is 5.85. The predicted octanol–water partition coefficient (Wildman–Crippen LogP) is 5.91. The second-order valence-electron chi connectivity index (χ2n) is 5.42. The summed E-state index contributed by atoms with van der Waals surface area (Å²) in [4.78, 5) is 0. The molecule has 0 heterocycles. The fraction of sp³-hybridized carbons (Fsp3) is 0.368. The zero-order chi connectivity index (χ0) is 15.6. The van der Waals surface area contributed by atoms with Gasteiger partial charge in [-0.25, -0.2) is 0 Å². The Balaban J connectivity index is 1.74. The zero-order valence-corrected chi connectivity index (χ0v) is 13.9. The average Bonchev–Trinajstić information content (AvgIpc) is 2.54. The van der Waals surface area contributed by atoms with Crippen LogP contribution in [0, 0.1) is 0 Å². The summed E-state index contributed by atoms with van der Waals surface area (Å²) >= 11 is 5.98. The fourth-order valence-electron chi connectivity index (χ4n) is 2.24. The van der Waals surface area contributed by atoms with Gasteiger partial charge in [0.05, 0.1) is 6.61 Å². The van der Waals surface area contributed by atoms with Crippen molar-refractivity contribution in [2.45, 2.75) is 39.2 Å². The Kier molecular flexibility index (Phi) is 7.11. The minimum Gasteiger partial charge on any atom is -0.494 e. The number of unbranched alkanes of at least 4 members (excludes halogenated alkanes) is 3. The quantitative estimate of drug-likeness (QED) is 0.580. The molecule has 0 atom stereocenters. The van der Waals surface area contributed by atoms with Crippen LogP contribution in [0.5, 0.6) is 5.75 Å². The first-order valence-electron chi connectivity index (χ1n) is 7.99. The number of anilines is 1. The normalized spacial score (nSPS) is 10.5. The van der Waals surface area contributed by atoms with Gasteiger partial charge in [-0.15, -0.1) is 0 Å². The fourth-order valence-corrected chi connectivity index (χ4v) is 2.45. The minimum absolute atomic E-state index is 0.762. The molecule has 0 aliphatic carbocycles. The van der Waals surface area contributed by atoms with E-state index in [1.165, 1.54) is 24.8 Å². The first-order valence-corrected chi connectivity index (χ1v) is 8.37. The molecule has 0 bridgehead atoms. The molecule has 2 aromatic carbocycles. The molecule has 118 valence electrons. The summed E-state index contributed by atoms with van der Waals surface area (Å²) in [5.41, 5.74) is 2.25. The summed E-state index contributed by atoms with van der Waals surface area (Å²) in [7, 11) is 0. The maximum Gasteiger partial charge on any atom is 0.119 e. The lowest BCUT2D eigenvalue weighted by Crippen LogP contribution is -2.00. The average molecular weight is 318 g/mol. The highest BCUT2D eigenvalue weighted by molar-refractivity contribution is 6.30. The van der Waals surface area contributed by atoms with Gasteiger partial charge in [0.15, 0.2) is 0 Å². The van der Waals surface area contributed by atoms with Gasteiger partial charge in [0.1, 0.15) is 5.75 Å². The first-order chi connectivity index (χ1) is 10.8. The van der Waals surface area contributed by atoms with E-state index in [0.717, 1.165) is 36.0 Å². The Morgan fingerprint density at radius 3 is 2.55 bits per heavy atom. The number of hydrogen-bond acceptors (Lipinski definition) is 2. The van der Waals surface area contributed by atoms with Crippen molar-refractivity contribution in [1.82, 2.24) is 0 Å². The third-order valence-corrected chi connectivity index (χ3v) is 3.74. The maximum atomic E-state index is 5.98. The Hall–Kier alpha value is -1.67. The molecule has 0 fully saturated rings. The first kappa shape index (κ1) is 16.7. The van der Waals surface area contributed by atoms with Crippen LogP contribution in [-0.2, 0) is 6.54 Å². The predicted molar refractivity (Wildman–Crippen MR) is 94.9 cm³/mol. The Labute approximate surface area is 138 Å². The van der Waals surface area contributed by atoms with Crippen molar-refractivity contribution in [1.29, 1.82) is 0 Å². The van der Waals surface area contributed by atoms with Crippen LogP contribution in [0.15, 0.2) is 48.5 Å². The number of hydrogen-bond donors (Lipinski definition) is 1. The molecular formula is C19H24ClNO. The van der Waals surface area contributed by atoms with Crippen LogP contribution in [0.4, 0.5) is 5.69 Å². The van der Waals surface area contributed by atoms with Gasteiger partial charge >= 0.3 is 0 Å². The molecular weight excluding hydrogens is 294 g/mol. The van der Waals surface area contributed by atoms with E-state index >= 15 is 0 Å². The van der Waals surface area contributed by atoms with Gasteiger partial charge in [-0.05, 0) is 48.4 Å². The van der Waals surface area contributed by atoms with Gasteiger partial charge in [-0.3, -0.25) is 0 Å². The van der Waals surface area contributed by atoms with E-state index in [2.05, 4.69) is 18.3 Å². The lowest BCUT2D eigenvalue weighted by Gasteiger charge is -2.09. The van der Waals surface area contributed by atoms with Gasteiger partial charge in [0.2, 0.25) is 0 Å². The van der Waals surface area contributed by atoms with Crippen molar-refractivity contribution in [3.63, 3.8) is 0 Å². The van der Waals surface area contributed by atoms with E-state index in [9.17, 15) is 0 Å². The smallest absolute Gasteiger partial charge is 0.119 e. The van der Waals surface area contributed by atoms with Gasteiger partial charge in [0, 0.05) is 17.3 Å². The van der Waals surface area contributed by atoms with Gasteiger partial charge in [-0.1, -0.05) is 49.9 Å². The van der Waals surface area contributed by atoms with E-state index in [-0.39, 0.29) is 0 Å². The second kappa shape index (κ2) is 9.37. The van der Waals surface area contributed by atoms with E-state index in [1.54, 1.807) is 0 Å². The number of benzene rings is 2. The molecule has 2 aromatic rings. The van der Waals surface area contributed by atoms with Crippen molar-refractivity contribution in [2.75, 3.05) is 11.9 Å². The number of ether oxygens (including phenoxy) is 1. The van der Waals surface area contributed by atoms with Gasteiger partial charge in [-0.2, -0.15) is 0 Å². The molecule has 0 radical (unpaired) electrons. The van der Waals surface area contributed by atoms with Crippen molar-refractivity contribution >= 4 is 17.3 Å². The van der Waals surface area contributed by atoms with Crippen LogP contribution < -0.4 is 10.1 Å². The number of halogens is 1. The SMILES string of the molecule is CCCCCCOc1ccc(NCc2cccc(Cl)c2)cc1. The molecule has 3 heteroatoms. The molecule has 0 saturated heterocycles. The Morgan fingerprint density at radius 2 is 1.82 bits per heavy atom. The van der Waals surface area contributed by atoms with Crippen LogP contribution in [0.25, 0.3) is 0 Å². The summed E-state index contributed by atoms with van der Waals surface area (Å²) in [5, 5.41) is 4.15. The van der Waals surface area contributed by atoms with Gasteiger partial charge in [0.25, 0.3) is 0 Å². The van der Waals surface area contributed by atoms with Crippen LogP contribution >= 0.6 is 11.6 Å². The maximum absolute atomic E-state index is 5.98. The van der Waals surface area contributed by atoms with E-state index < -0.39 is 0 Å². The zero-order valence-electron chi connectivity index (χ0n) is 13.1. The summed E-state index contributed by atoms with van der Waals surface area (Å²) in [6, 6.07) is 16.0. The van der Waals surface area contributed by atoms with Crippen molar-refractivity contribution in [2.24, 2.45) is 0 Å². The number of nitrogens with one attached hydrogen (secondary N) is 1. The number of rotatable bonds is 9. The Bertz CT molecular complexity index is 554. The molecule has 0 amide bonds. The van der Waals surface area contributed by atoms with Crippen LogP contribution in [-0.4, -0.2) is 6.61 Å². The lowest BCUT2D eigenvalue weighted by molar-refractivity contribution is 0.305. The van der Waals surface area contributed by atoms with Crippen molar-refractivity contribution in [3.05, 3.63) is 59.1 Å². The summed E-state index contributed by atoms with van der Waals surface area (Å²) in [6.07, 6.45) is 4.92. The third kappa shape index (κ3) is 5.98. The molecule has 0 aliphatic heterocycles. The van der Waals surface area contributed by atoms with Crippen molar-refractivity contribution < 1.29 is 4.74 Å². The molecule has 1 N–H and O–H groups in total. The Morgan fingerprint density at radius 1 is 1.00 bits per heavy atom. The van der Waals surface area contributed by atoms with E-state index in [4.69, 9.17) is 16.3 Å². The van der Waals surface area contributed by atoms with Crippen LogP contribution in [0.2, 0.25) is 5.02 Å². The molecule has 2 nitrogen and oxygen atoms in total. The molecule has 0 unspecified atom stereocenters. The molecule has 2 rings (SSSR count). The highest BCUT2D eigenvalue weighted by atomic mass is 35.5. The van der Waals surface area contributed by atoms with Gasteiger partial charge < -0.3 is 10.1 Å². The molecule has 22 heavy (non-hydrogen) atoms. The van der Waals surface area contributed by atoms with E-state index in [0.29, 0.717) is 0 Å². The van der Waals surface area contributed by atoms with Crippen LogP contribution in [0.3, 0.4) is 0 Å². The lowest BCUT2D eigenvalue weighted by atomic mass is 10.2. The third-order valence-electron chi connectivity index (χ3n) is 3.51. The minimum atomic E-state index is 0.762. The molecule has 0 spiro atoms. The van der Waals surface area contributed by atoms with Crippen molar-refractivity contribution in [3.8, 4) is 5.75 Å². The standard InChI is InChI=1S/C19H24ClNO/c1-2-3-4-5-13-22-19-11-9-18(10-12-19)21-15-16-7-6-8-17(20)14-16/h6-12,14,21H,2-5,13,15H2,1H3. The van der Waals surface area contributed by atoms with Crippen LogP contribution in [0.1, 0.15) is 38.2 Å². The summed E-state index contributed by atoms with van der Waals surface area (Å²) in [6.45, 7) is 3.78. The molecule has 0 saturated carbocycles. The topological polar surface area (TPSA) is 21.3 Å². The highest BCUT2D eigenvalue weighted by Crippen LogP contribution is 2.18. The molecule has 0 aromatic heterocycles.